The van der Waals surface area contributed by atoms with E-state index in [0.717, 1.165) is 4.90 Å². The van der Waals surface area contributed by atoms with E-state index in [1.54, 1.807) is 0 Å². The van der Waals surface area contributed by atoms with Crippen molar-refractivity contribution < 1.29 is 19.6 Å². The number of pyridine rings is 1. The first-order chi connectivity index (χ1) is 8.91. The number of amides is 1. The third-order valence-corrected chi connectivity index (χ3v) is 3.08. The van der Waals surface area contributed by atoms with Gasteiger partial charge in [0.05, 0.1) is 10.8 Å². The highest BCUT2D eigenvalue weighted by molar-refractivity contribution is 6.32. The van der Waals surface area contributed by atoms with E-state index >= 15 is 0 Å². The average molecular weight is 286 g/mol. The van der Waals surface area contributed by atoms with Crippen LogP contribution in [0.5, 0.6) is 0 Å². The monoisotopic (exact) mass is 285 g/mol. The van der Waals surface area contributed by atoms with Gasteiger partial charge in [0, 0.05) is 19.2 Å². The van der Waals surface area contributed by atoms with E-state index in [2.05, 4.69) is 4.98 Å². The van der Waals surface area contributed by atoms with Gasteiger partial charge in [0.1, 0.15) is 5.69 Å². The molecule has 0 aliphatic carbocycles. The molecule has 1 aromatic rings. The predicted molar refractivity (Wildman–Crippen MR) is 64.0 cm³/mol. The second-order valence-corrected chi connectivity index (χ2v) is 4.33. The van der Waals surface area contributed by atoms with Crippen LogP contribution in [0.15, 0.2) is 12.3 Å². The molecule has 1 unspecified atom stereocenters. The summed E-state index contributed by atoms with van der Waals surface area (Å²) in [6.07, 6.45) is 1.04. The summed E-state index contributed by atoms with van der Waals surface area (Å²) >= 11 is 5.64. The second kappa shape index (κ2) is 4.81. The van der Waals surface area contributed by atoms with E-state index in [1.807, 2.05) is 0 Å². The highest BCUT2D eigenvalue weighted by atomic mass is 35.5. The fourth-order valence-electron chi connectivity index (χ4n) is 1.91. The first-order valence-electron chi connectivity index (χ1n) is 5.24. The summed E-state index contributed by atoms with van der Waals surface area (Å²) in [4.78, 5) is 37.5. The van der Waals surface area contributed by atoms with Crippen molar-refractivity contribution in [1.82, 2.24) is 4.98 Å². The van der Waals surface area contributed by atoms with E-state index in [0.29, 0.717) is 0 Å². The number of carboxylic acid groups (broad SMARTS) is 1. The number of carboxylic acids is 1. The molecular weight excluding hydrogens is 278 g/mol. The smallest absolute Gasteiger partial charge is 0.329 e. The third kappa shape index (κ3) is 2.34. The quantitative estimate of drug-likeness (QED) is 0.505. The Balaban J connectivity index is 2.43. The average Bonchev–Trinajstić information content (AvgIpc) is 2.70. The van der Waals surface area contributed by atoms with Crippen LogP contribution in [-0.2, 0) is 9.59 Å². The molecule has 0 aromatic carbocycles. The molecule has 1 N–H and O–H groups in total. The molecule has 100 valence electrons. The summed E-state index contributed by atoms with van der Waals surface area (Å²) in [5, 5.41) is 19.5. The van der Waals surface area contributed by atoms with Crippen molar-refractivity contribution in [3.63, 3.8) is 0 Å². The van der Waals surface area contributed by atoms with Gasteiger partial charge in [-0.3, -0.25) is 19.7 Å². The lowest BCUT2D eigenvalue weighted by Crippen LogP contribution is -2.26. The molecule has 19 heavy (non-hydrogen) atoms. The normalized spacial score (nSPS) is 18.7. The lowest BCUT2D eigenvalue weighted by Gasteiger charge is -2.15. The number of hydrogen-bond donors (Lipinski definition) is 1. The summed E-state index contributed by atoms with van der Waals surface area (Å²) in [7, 11) is 0. The number of carbonyl (C=O) groups excluding carboxylic acids is 1. The van der Waals surface area contributed by atoms with Gasteiger partial charge in [-0.25, -0.2) is 4.98 Å². The van der Waals surface area contributed by atoms with Crippen molar-refractivity contribution in [2.45, 2.75) is 6.42 Å². The molecule has 2 rings (SSSR count). The Morgan fingerprint density at radius 3 is 2.84 bits per heavy atom. The zero-order valence-electron chi connectivity index (χ0n) is 9.45. The Kier molecular flexibility index (Phi) is 3.34. The summed E-state index contributed by atoms with van der Waals surface area (Å²) in [6.45, 7) is -0.116. The maximum Gasteiger partial charge on any atom is 0.329 e. The first-order valence-corrected chi connectivity index (χ1v) is 5.61. The largest absolute Gasteiger partial charge is 0.481 e. The van der Waals surface area contributed by atoms with E-state index in [4.69, 9.17) is 16.7 Å². The van der Waals surface area contributed by atoms with Crippen LogP contribution in [0.3, 0.4) is 0 Å². The Hall–Kier alpha value is -2.22. The lowest BCUT2D eigenvalue weighted by atomic mass is 10.1. The topological polar surface area (TPSA) is 114 Å². The third-order valence-electron chi connectivity index (χ3n) is 2.81. The maximum absolute atomic E-state index is 11.8. The molecule has 2 heterocycles. The second-order valence-electron chi connectivity index (χ2n) is 3.97. The van der Waals surface area contributed by atoms with Crippen molar-refractivity contribution in [3.8, 4) is 0 Å². The molecule has 1 aromatic heterocycles. The van der Waals surface area contributed by atoms with Crippen LogP contribution in [0.4, 0.5) is 11.4 Å². The Labute approximate surface area is 111 Å². The summed E-state index contributed by atoms with van der Waals surface area (Å²) in [5.74, 6) is -2.48. The number of nitrogens with zero attached hydrogens (tertiary/aromatic N) is 3. The molecule has 9 heteroatoms. The number of carbonyl (C=O) groups is 2. The Morgan fingerprint density at radius 2 is 2.32 bits per heavy atom. The van der Waals surface area contributed by atoms with E-state index in [-0.39, 0.29) is 23.8 Å². The van der Waals surface area contributed by atoms with Crippen LogP contribution in [-0.4, -0.2) is 33.4 Å². The van der Waals surface area contributed by atoms with Crippen molar-refractivity contribution in [2.75, 3.05) is 11.4 Å². The standard InChI is InChI=1S/C10H8ClN3O5/c11-9-8(14(18)19)6(1-2-12-9)13-4-5(10(16)17)3-7(13)15/h1-2,5H,3-4H2,(H,16,17). The number of anilines is 1. The van der Waals surface area contributed by atoms with Crippen LogP contribution < -0.4 is 4.90 Å². The van der Waals surface area contributed by atoms with Crippen LogP contribution in [0.2, 0.25) is 5.15 Å². The molecule has 0 bridgehead atoms. The number of aliphatic carboxylic acids is 1. The van der Waals surface area contributed by atoms with Crippen LogP contribution in [0, 0.1) is 16.0 Å². The van der Waals surface area contributed by atoms with Crippen molar-refractivity contribution in [2.24, 2.45) is 5.92 Å². The van der Waals surface area contributed by atoms with Gasteiger partial charge < -0.3 is 10.0 Å². The highest BCUT2D eigenvalue weighted by Gasteiger charge is 2.38. The van der Waals surface area contributed by atoms with Crippen LogP contribution >= 0.6 is 11.6 Å². The predicted octanol–water partition coefficient (Wildman–Crippen LogP) is 1.08. The van der Waals surface area contributed by atoms with Gasteiger partial charge in [0.2, 0.25) is 11.1 Å². The van der Waals surface area contributed by atoms with Gasteiger partial charge in [-0.05, 0) is 6.07 Å². The van der Waals surface area contributed by atoms with Crippen molar-refractivity contribution in [3.05, 3.63) is 27.5 Å². The van der Waals surface area contributed by atoms with Gasteiger partial charge in [0.15, 0.2) is 0 Å². The van der Waals surface area contributed by atoms with Gasteiger partial charge in [-0.1, -0.05) is 11.6 Å². The molecule has 0 radical (unpaired) electrons. The number of nitro groups is 1. The zero-order valence-corrected chi connectivity index (χ0v) is 10.2. The fourth-order valence-corrected chi connectivity index (χ4v) is 2.13. The minimum Gasteiger partial charge on any atom is -0.481 e. The minimum absolute atomic E-state index is 0.0289. The number of hydrogen-bond acceptors (Lipinski definition) is 5. The molecular formula is C10H8ClN3O5. The molecule has 0 saturated carbocycles. The van der Waals surface area contributed by atoms with Gasteiger partial charge in [-0.15, -0.1) is 0 Å². The molecule has 1 amide bonds. The van der Waals surface area contributed by atoms with E-state index in [1.165, 1.54) is 12.3 Å². The Morgan fingerprint density at radius 1 is 1.63 bits per heavy atom. The van der Waals surface area contributed by atoms with Gasteiger partial charge >= 0.3 is 11.7 Å². The molecule has 1 fully saturated rings. The molecule has 1 aliphatic heterocycles. The SMILES string of the molecule is O=C(O)C1CC(=O)N(c2ccnc(Cl)c2[N+](=O)[O-])C1. The highest BCUT2D eigenvalue weighted by Crippen LogP contribution is 2.36. The summed E-state index contributed by atoms with van der Waals surface area (Å²) < 4.78 is 0. The molecule has 1 saturated heterocycles. The number of aromatic nitrogens is 1. The van der Waals surface area contributed by atoms with Gasteiger partial charge in [0.25, 0.3) is 0 Å². The Bertz CT molecular complexity index is 576. The molecule has 1 aliphatic rings. The molecule has 1 atom stereocenters. The van der Waals surface area contributed by atoms with Gasteiger partial charge in [-0.2, -0.15) is 0 Å². The van der Waals surface area contributed by atoms with Crippen molar-refractivity contribution in [1.29, 1.82) is 0 Å². The molecule has 0 spiro atoms. The van der Waals surface area contributed by atoms with Crippen LogP contribution in [0.25, 0.3) is 0 Å². The number of rotatable bonds is 3. The molecule has 8 nitrogen and oxygen atoms in total. The van der Waals surface area contributed by atoms with Crippen molar-refractivity contribution >= 4 is 34.9 Å². The zero-order chi connectivity index (χ0) is 14.2. The van der Waals surface area contributed by atoms with E-state index < -0.39 is 28.4 Å². The van der Waals surface area contributed by atoms with E-state index in [9.17, 15) is 19.7 Å². The summed E-state index contributed by atoms with van der Waals surface area (Å²) in [6, 6.07) is 1.27. The fraction of sp³-hybridized carbons (Fsp3) is 0.300. The minimum atomic E-state index is -1.11. The number of halogens is 1. The first kappa shape index (κ1) is 13.2. The van der Waals surface area contributed by atoms with Crippen LogP contribution in [0.1, 0.15) is 6.42 Å². The lowest BCUT2D eigenvalue weighted by molar-refractivity contribution is -0.384. The summed E-state index contributed by atoms with van der Waals surface area (Å²) in [5.41, 5.74) is -0.526. The maximum atomic E-state index is 11.8.